The lowest BCUT2D eigenvalue weighted by Gasteiger charge is -2.35. The minimum atomic E-state index is -0.762. The Morgan fingerprint density at radius 2 is 2.04 bits per heavy atom. The van der Waals surface area contributed by atoms with E-state index in [1.165, 1.54) is 18.1 Å². The minimum Gasteiger partial charge on any atom is -0.504 e. The summed E-state index contributed by atoms with van der Waals surface area (Å²) in [6.45, 7) is 0. The van der Waals surface area contributed by atoms with Crippen LogP contribution in [0.25, 0.3) is 0 Å². The zero-order valence-electron chi connectivity index (χ0n) is 13.0. The highest BCUT2D eigenvalue weighted by Gasteiger charge is 2.35. The number of amides is 1. The molecule has 124 valence electrons. The normalized spacial score (nSPS) is 16.3. The molecule has 0 radical (unpaired) electrons. The highest BCUT2D eigenvalue weighted by molar-refractivity contribution is 6.01. The number of hydrogen-bond acceptors (Lipinski definition) is 6. The number of nitrogens with zero attached hydrogens (tertiary/aromatic N) is 2. The number of nitrogens with one attached hydrogen (secondary N) is 1. The molecule has 1 amide bonds. The van der Waals surface area contributed by atoms with Crippen molar-refractivity contribution < 1.29 is 19.6 Å². The number of nitro benzene ring substituents is 1. The predicted molar refractivity (Wildman–Crippen MR) is 86.2 cm³/mol. The first kappa shape index (κ1) is 15.6. The van der Waals surface area contributed by atoms with E-state index in [1.807, 2.05) is 0 Å². The van der Waals surface area contributed by atoms with Gasteiger partial charge in [0.05, 0.1) is 29.2 Å². The molecule has 1 aliphatic rings. The van der Waals surface area contributed by atoms with Crippen molar-refractivity contribution >= 4 is 17.3 Å². The molecule has 1 unspecified atom stereocenters. The lowest BCUT2D eigenvalue weighted by atomic mass is 10.0. The minimum absolute atomic E-state index is 0.0945. The van der Waals surface area contributed by atoms with Crippen LogP contribution in [0.3, 0.4) is 0 Å². The van der Waals surface area contributed by atoms with Gasteiger partial charge in [-0.15, -0.1) is 0 Å². The Balaban J connectivity index is 2.15. The molecule has 3 rings (SSSR count). The number of ether oxygens (including phenoxy) is 1. The molecule has 1 heterocycles. The SMILES string of the molecule is COc1cc(C2Nc3ccccc3C(=O)N2C)c([N+](=O)[O-])cc1O. The van der Waals surface area contributed by atoms with Gasteiger partial charge in [0.25, 0.3) is 11.6 Å². The first-order chi connectivity index (χ1) is 11.4. The van der Waals surface area contributed by atoms with E-state index in [0.717, 1.165) is 6.07 Å². The van der Waals surface area contributed by atoms with Crippen molar-refractivity contribution in [2.24, 2.45) is 0 Å². The summed E-state index contributed by atoms with van der Waals surface area (Å²) < 4.78 is 5.04. The standard InChI is InChI=1S/C16H15N3O5/c1-18-15(17-11-6-4-3-5-9(11)16(18)21)10-7-14(24-2)13(20)8-12(10)19(22)23/h3-8,15,17,20H,1-2H3. The molecule has 0 saturated heterocycles. The second-order valence-electron chi connectivity index (χ2n) is 5.35. The van der Waals surface area contributed by atoms with Gasteiger partial charge in [-0.05, 0) is 18.2 Å². The molecule has 0 bridgehead atoms. The van der Waals surface area contributed by atoms with Gasteiger partial charge in [-0.25, -0.2) is 0 Å². The van der Waals surface area contributed by atoms with Gasteiger partial charge in [-0.1, -0.05) is 12.1 Å². The first-order valence-corrected chi connectivity index (χ1v) is 7.12. The first-order valence-electron chi connectivity index (χ1n) is 7.12. The number of carbonyl (C=O) groups is 1. The van der Waals surface area contributed by atoms with Crippen LogP contribution in [0, 0.1) is 10.1 Å². The molecule has 1 aliphatic heterocycles. The maximum Gasteiger partial charge on any atom is 0.280 e. The highest BCUT2D eigenvalue weighted by atomic mass is 16.6. The van der Waals surface area contributed by atoms with E-state index in [9.17, 15) is 20.0 Å². The number of carbonyl (C=O) groups excluding carboxylic acids is 1. The number of benzene rings is 2. The summed E-state index contributed by atoms with van der Waals surface area (Å²) in [4.78, 5) is 24.7. The number of methoxy groups -OCH3 is 1. The predicted octanol–water partition coefficient (Wildman–Crippen LogP) is 2.51. The second-order valence-corrected chi connectivity index (χ2v) is 5.35. The maximum atomic E-state index is 12.5. The van der Waals surface area contributed by atoms with E-state index in [4.69, 9.17) is 4.74 Å². The Morgan fingerprint density at radius 3 is 2.71 bits per heavy atom. The van der Waals surface area contributed by atoms with E-state index in [2.05, 4.69) is 5.32 Å². The van der Waals surface area contributed by atoms with Crippen LogP contribution in [-0.4, -0.2) is 35.0 Å². The lowest BCUT2D eigenvalue weighted by Crippen LogP contribution is -2.40. The third kappa shape index (κ3) is 2.37. The summed E-state index contributed by atoms with van der Waals surface area (Å²) >= 11 is 0. The fourth-order valence-corrected chi connectivity index (χ4v) is 2.75. The molecule has 1 atom stereocenters. The molecule has 0 aliphatic carbocycles. The third-order valence-electron chi connectivity index (χ3n) is 3.98. The summed E-state index contributed by atoms with van der Waals surface area (Å²) in [6.07, 6.45) is -0.762. The summed E-state index contributed by atoms with van der Waals surface area (Å²) in [6, 6.07) is 9.32. The number of anilines is 1. The highest BCUT2D eigenvalue weighted by Crippen LogP contribution is 2.40. The van der Waals surface area contributed by atoms with Gasteiger partial charge >= 0.3 is 0 Å². The van der Waals surface area contributed by atoms with Crippen molar-refractivity contribution in [2.45, 2.75) is 6.17 Å². The van der Waals surface area contributed by atoms with Gasteiger partial charge in [0, 0.05) is 12.7 Å². The van der Waals surface area contributed by atoms with Gasteiger partial charge < -0.3 is 20.1 Å². The summed E-state index contributed by atoms with van der Waals surface area (Å²) in [5, 5.41) is 24.3. The Hall–Kier alpha value is -3.29. The van der Waals surface area contributed by atoms with Crippen molar-refractivity contribution in [2.75, 3.05) is 19.5 Å². The van der Waals surface area contributed by atoms with E-state index in [1.54, 1.807) is 31.3 Å². The molecule has 2 aromatic rings. The number of rotatable bonds is 3. The zero-order chi connectivity index (χ0) is 17.4. The molecule has 24 heavy (non-hydrogen) atoms. The van der Waals surface area contributed by atoms with Gasteiger partial charge in [0.2, 0.25) is 0 Å². The third-order valence-corrected chi connectivity index (χ3v) is 3.98. The van der Waals surface area contributed by atoms with Crippen LogP contribution in [0.4, 0.5) is 11.4 Å². The monoisotopic (exact) mass is 329 g/mol. The van der Waals surface area contributed by atoms with Crippen LogP contribution < -0.4 is 10.1 Å². The van der Waals surface area contributed by atoms with Gasteiger partial charge in [0.1, 0.15) is 6.17 Å². The lowest BCUT2D eigenvalue weighted by molar-refractivity contribution is -0.385. The molecule has 2 aromatic carbocycles. The van der Waals surface area contributed by atoms with E-state index >= 15 is 0 Å². The Labute approximate surface area is 137 Å². The number of nitro groups is 1. The van der Waals surface area contributed by atoms with Gasteiger partial charge in [0.15, 0.2) is 11.5 Å². The van der Waals surface area contributed by atoms with Crippen molar-refractivity contribution in [3.05, 3.63) is 57.6 Å². The van der Waals surface area contributed by atoms with Crippen LogP contribution in [0.5, 0.6) is 11.5 Å². The average molecular weight is 329 g/mol. The van der Waals surface area contributed by atoms with Crippen molar-refractivity contribution in [3.8, 4) is 11.5 Å². The van der Waals surface area contributed by atoms with Crippen LogP contribution in [0.2, 0.25) is 0 Å². The number of aromatic hydroxyl groups is 1. The molecule has 8 heteroatoms. The molecule has 0 saturated carbocycles. The molecule has 8 nitrogen and oxygen atoms in total. The fraction of sp³-hybridized carbons (Fsp3) is 0.188. The Morgan fingerprint density at radius 1 is 1.33 bits per heavy atom. The molecule has 2 N–H and O–H groups in total. The average Bonchev–Trinajstić information content (AvgIpc) is 2.58. The molecular weight excluding hydrogens is 314 g/mol. The number of fused-ring (bicyclic) bond motifs is 1. The number of phenols is 1. The van der Waals surface area contributed by atoms with Gasteiger partial charge in [-0.2, -0.15) is 0 Å². The van der Waals surface area contributed by atoms with E-state index in [-0.39, 0.29) is 28.7 Å². The van der Waals surface area contributed by atoms with Crippen LogP contribution >= 0.6 is 0 Å². The maximum absolute atomic E-state index is 12.5. The topological polar surface area (TPSA) is 105 Å². The summed E-state index contributed by atoms with van der Waals surface area (Å²) in [5.41, 5.74) is 1.00. The van der Waals surface area contributed by atoms with Crippen molar-refractivity contribution in [1.82, 2.24) is 4.90 Å². The number of hydrogen-bond donors (Lipinski definition) is 2. The largest absolute Gasteiger partial charge is 0.504 e. The molecule has 0 spiro atoms. The van der Waals surface area contributed by atoms with Gasteiger partial charge in [-0.3, -0.25) is 14.9 Å². The number of para-hydroxylation sites is 1. The van der Waals surface area contributed by atoms with E-state index < -0.39 is 11.1 Å². The summed E-state index contributed by atoms with van der Waals surface area (Å²) in [5.74, 6) is -0.495. The van der Waals surface area contributed by atoms with Crippen molar-refractivity contribution in [3.63, 3.8) is 0 Å². The number of phenolic OH excluding ortho intramolecular Hbond substituents is 1. The second kappa shape index (κ2) is 5.73. The Kier molecular flexibility index (Phi) is 3.72. The zero-order valence-corrected chi connectivity index (χ0v) is 13.0. The molecule has 0 aromatic heterocycles. The Bertz CT molecular complexity index is 836. The molecule has 0 fully saturated rings. The quantitative estimate of drug-likeness (QED) is 0.662. The van der Waals surface area contributed by atoms with Crippen LogP contribution in [-0.2, 0) is 0 Å². The smallest absolute Gasteiger partial charge is 0.280 e. The van der Waals surface area contributed by atoms with Crippen molar-refractivity contribution in [1.29, 1.82) is 0 Å². The summed E-state index contributed by atoms with van der Waals surface area (Å²) in [7, 11) is 2.90. The van der Waals surface area contributed by atoms with Crippen LogP contribution in [0.15, 0.2) is 36.4 Å². The fourth-order valence-electron chi connectivity index (χ4n) is 2.75. The van der Waals surface area contributed by atoms with Crippen LogP contribution in [0.1, 0.15) is 22.1 Å². The van der Waals surface area contributed by atoms with E-state index in [0.29, 0.717) is 11.3 Å². The molecular formula is C16H15N3O5.